The molecular weight excluding hydrogens is 250 g/mol. The van der Waals surface area contributed by atoms with Crippen molar-refractivity contribution in [1.82, 2.24) is 8.61 Å². The lowest BCUT2D eigenvalue weighted by molar-refractivity contribution is 0.211. The van der Waals surface area contributed by atoms with Gasteiger partial charge in [-0.2, -0.15) is 17.0 Å². The van der Waals surface area contributed by atoms with E-state index in [9.17, 15) is 8.42 Å². The van der Waals surface area contributed by atoms with E-state index >= 15 is 0 Å². The molecule has 6 heteroatoms. The average Bonchev–Trinajstić information content (AvgIpc) is 2.76. The molecule has 0 spiro atoms. The van der Waals surface area contributed by atoms with Gasteiger partial charge in [0.1, 0.15) is 0 Å². The third-order valence-electron chi connectivity index (χ3n) is 4.07. The third-order valence-corrected chi connectivity index (χ3v) is 6.00. The van der Waals surface area contributed by atoms with Gasteiger partial charge in [-0.15, -0.1) is 0 Å². The molecule has 106 valence electrons. The highest BCUT2D eigenvalue weighted by Gasteiger charge is 2.37. The molecule has 2 aliphatic heterocycles. The Kier molecular flexibility index (Phi) is 4.31. The topological polar surface area (TPSA) is 66.6 Å². The molecule has 0 aliphatic carbocycles. The first-order valence-corrected chi connectivity index (χ1v) is 8.28. The molecule has 0 aromatic rings. The maximum atomic E-state index is 12.6. The van der Waals surface area contributed by atoms with Gasteiger partial charge < -0.3 is 5.73 Å². The van der Waals surface area contributed by atoms with Gasteiger partial charge in [-0.1, -0.05) is 13.8 Å². The van der Waals surface area contributed by atoms with E-state index in [2.05, 4.69) is 13.8 Å². The van der Waals surface area contributed by atoms with Gasteiger partial charge in [-0.25, -0.2) is 0 Å². The first-order chi connectivity index (χ1) is 8.43. The van der Waals surface area contributed by atoms with Crippen molar-refractivity contribution >= 4 is 10.2 Å². The lowest BCUT2D eigenvalue weighted by Crippen LogP contribution is -2.49. The number of rotatable bonds is 3. The van der Waals surface area contributed by atoms with Crippen LogP contribution in [0, 0.1) is 17.8 Å². The van der Waals surface area contributed by atoms with Crippen LogP contribution in [0.1, 0.15) is 26.7 Å². The Balaban J connectivity index is 2.06. The molecule has 0 aromatic carbocycles. The molecule has 18 heavy (non-hydrogen) atoms. The van der Waals surface area contributed by atoms with Gasteiger partial charge in [0.25, 0.3) is 10.2 Å². The fraction of sp³-hybridized carbons (Fsp3) is 1.00. The lowest BCUT2D eigenvalue weighted by atomic mass is 9.94. The lowest BCUT2D eigenvalue weighted by Gasteiger charge is -2.36. The Morgan fingerprint density at radius 2 is 1.72 bits per heavy atom. The Morgan fingerprint density at radius 3 is 2.22 bits per heavy atom. The van der Waals surface area contributed by atoms with Crippen LogP contribution >= 0.6 is 0 Å². The van der Waals surface area contributed by atoms with Crippen molar-refractivity contribution in [2.75, 3.05) is 32.7 Å². The van der Waals surface area contributed by atoms with Crippen LogP contribution in [-0.4, -0.2) is 49.8 Å². The molecule has 2 fully saturated rings. The minimum absolute atomic E-state index is 0.333. The summed E-state index contributed by atoms with van der Waals surface area (Å²) < 4.78 is 28.4. The highest BCUT2D eigenvalue weighted by Crippen LogP contribution is 2.27. The van der Waals surface area contributed by atoms with Crippen LogP contribution in [0.3, 0.4) is 0 Å². The SMILES string of the molecule is CC1CC(C)CN(S(=O)(=O)N2CCC(CN)C2)C1. The normalized spacial score (nSPS) is 36.1. The van der Waals surface area contributed by atoms with E-state index in [1.54, 1.807) is 8.61 Å². The third kappa shape index (κ3) is 2.87. The number of hydrogen-bond donors (Lipinski definition) is 1. The zero-order valence-electron chi connectivity index (χ0n) is 11.4. The average molecular weight is 275 g/mol. The van der Waals surface area contributed by atoms with Crippen LogP contribution < -0.4 is 5.73 Å². The standard InChI is InChI=1S/C12H25N3O2S/c1-10-5-11(2)8-15(7-10)18(16,17)14-4-3-12(6-13)9-14/h10-12H,3-9,13H2,1-2H3. The summed E-state index contributed by atoms with van der Waals surface area (Å²) >= 11 is 0. The smallest absolute Gasteiger partial charge is 0.282 e. The van der Waals surface area contributed by atoms with Crippen LogP contribution in [0.15, 0.2) is 0 Å². The van der Waals surface area contributed by atoms with E-state index in [-0.39, 0.29) is 0 Å². The summed E-state index contributed by atoms with van der Waals surface area (Å²) in [5.74, 6) is 1.24. The summed E-state index contributed by atoms with van der Waals surface area (Å²) in [6.45, 7) is 7.39. The number of piperidine rings is 1. The quantitative estimate of drug-likeness (QED) is 0.815. The van der Waals surface area contributed by atoms with E-state index < -0.39 is 10.2 Å². The predicted octanol–water partition coefficient (Wildman–Crippen LogP) is 0.490. The fourth-order valence-electron chi connectivity index (χ4n) is 3.16. The largest absolute Gasteiger partial charge is 0.330 e. The summed E-state index contributed by atoms with van der Waals surface area (Å²) in [7, 11) is -3.26. The molecule has 2 rings (SSSR count). The summed E-state index contributed by atoms with van der Waals surface area (Å²) in [6, 6.07) is 0. The van der Waals surface area contributed by atoms with Crippen molar-refractivity contribution in [3.05, 3.63) is 0 Å². The molecule has 0 bridgehead atoms. The minimum atomic E-state index is -3.26. The Morgan fingerprint density at radius 1 is 1.11 bits per heavy atom. The highest BCUT2D eigenvalue weighted by molar-refractivity contribution is 7.86. The van der Waals surface area contributed by atoms with E-state index in [1.165, 1.54) is 0 Å². The van der Waals surface area contributed by atoms with Gasteiger partial charge in [-0.3, -0.25) is 0 Å². The summed E-state index contributed by atoms with van der Waals surface area (Å²) in [6.07, 6.45) is 2.02. The molecule has 0 radical (unpaired) electrons. The van der Waals surface area contributed by atoms with Crippen LogP contribution in [-0.2, 0) is 10.2 Å². The second-order valence-corrected chi connectivity index (χ2v) is 7.95. The van der Waals surface area contributed by atoms with Crippen LogP contribution in [0.2, 0.25) is 0 Å². The first-order valence-electron chi connectivity index (χ1n) is 6.88. The van der Waals surface area contributed by atoms with E-state index in [0.29, 0.717) is 50.5 Å². The monoisotopic (exact) mass is 275 g/mol. The molecule has 0 aromatic heterocycles. The molecule has 5 nitrogen and oxygen atoms in total. The number of nitrogens with two attached hydrogens (primary N) is 1. The van der Waals surface area contributed by atoms with Gasteiger partial charge in [0.2, 0.25) is 0 Å². The van der Waals surface area contributed by atoms with Crippen molar-refractivity contribution in [2.24, 2.45) is 23.5 Å². The maximum Gasteiger partial charge on any atom is 0.282 e. The van der Waals surface area contributed by atoms with Crippen molar-refractivity contribution in [1.29, 1.82) is 0 Å². The van der Waals surface area contributed by atoms with E-state index in [0.717, 1.165) is 12.8 Å². The number of hydrogen-bond acceptors (Lipinski definition) is 3. The van der Waals surface area contributed by atoms with Crippen molar-refractivity contribution in [3.63, 3.8) is 0 Å². The molecule has 2 N–H and O–H groups in total. The Labute approximate surface area is 110 Å². The van der Waals surface area contributed by atoms with Crippen molar-refractivity contribution in [3.8, 4) is 0 Å². The van der Waals surface area contributed by atoms with Gasteiger partial charge in [0.15, 0.2) is 0 Å². The first kappa shape index (κ1) is 14.2. The molecule has 2 heterocycles. The second-order valence-electron chi connectivity index (χ2n) is 6.02. The predicted molar refractivity (Wildman–Crippen MR) is 72.2 cm³/mol. The van der Waals surface area contributed by atoms with E-state index in [1.807, 2.05) is 0 Å². The van der Waals surface area contributed by atoms with Crippen molar-refractivity contribution < 1.29 is 8.42 Å². The van der Waals surface area contributed by atoms with Crippen LogP contribution in [0.4, 0.5) is 0 Å². The van der Waals surface area contributed by atoms with Crippen LogP contribution in [0.5, 0.6) is 0 Å². The Bertz CT molecular complexity index is 375. The molecule has 2 aliphatic rings. The zero-order chi connectivity index (χ0) is 13.3. The molecule has 0 saturated carbocycles. The molecular formula is C12H25N3O2S. The van der Waals surface area contributed by atoms with Gasteiger partial charge >= 0.3 is 0 Å². The maximum absolute atomic E-state index is 12.6. The van der Waals surface area contributed by atoms with Crippen molar-refractivity contribution in [2.45, 2.75) is 26.7 Å². The number of nitrogens with zero attached hydrogens (tertiary/aromatic N) is 2. The van der Waals surface area contributed by atoms with Crippen LogP contribution in [0.25, 0.3) is 0 Å². The Hall–Kier alpha value is -0.170. The van der Waals surface area contributed by atoms with Gasteiger partial charge in [-0.05, 0) is 37.1 Å². The summed E-state index contributed by atoms with van der Waals surface area (Å²) in [4.78, 5) is 0. The molecule has 3 atom stereocenters. The summed E-state index contributed by atoms with van der Waals surface area (Å²) in [5, 5.41) is 0. The summed E-state index contributed by atoms with van der Waals surface area (Å²) in [5.41, 5.74) is 5.63. The fourth-order valence-corrected chi connectivity index (χ4v) is 5.10. The molecule has 0 amide bonds. The highest BCUT2D eigenvalue weighted by atomic mass is 32.2. The molecule has 2 saturated heterocycles. The minimum Gasteiger partial charge on any atom is -0.330 e. The molecule has 3 unspecified atom stereocenters. The van der Waals surface area contributed by atoms with Gasteiger partial charge in [0.05, 0.1) is 0 Å². The van der Waals surface area contributed by atoms with E-state index in [4.69, 9.17) is 5.73 Å². The second kappa shape index (κ2) is 5.45. The van der Waals surface area contributed by atoms with Gasteiger partial charge in [0, 0.05) is 26.2 Å². The zero-order valence-corrected chi connectivity index (χ0v) is 12.2.